The number of nitrogens with zero attached hydrogens (tertiary/aromatic N) is 2. The maximum atomic E-state index is 9.75. The van der Waals surface area contributed by atoms with Crippen molar-refractivity contribution in [3.8, 4) is 0 Å². The number of thiocarbonyl (C=S) groups is 1. The highest BCUT2D eigenvalue weighted by atomic mass is 32.1. The van der Waals surface area contributed by atoms with Crippen LogP contribution in [0.4, 0.5) is 22.1 Å². The lowest BCUT2D eigenvalue weighted by Crippen LogP contribution is -2.60. The Labute approximate surface area is 103 Å². The van der Waals surface area contributed by atoms with Gasteiger partial charge in [0.05, 0.1) is 0 Å². The van der Waals surface area contributed by atoms with Gasteiger partial charge < -0.3 is 32.8 Å². The van der Waals surface area contributed by atoms with Gasteiger partial charge in [-0.05, 0) is 12.2 Å². The summed E-state index contributed by atoms with van der Waals surface area (Å²) in [6.07, 6.45) is 0. The standard InChI is InChI=1S/C5H12N2S.CH4N2O.BF4/c1-6(2)5(8)7(3)4;2-1(3)4;2-1(3,4)5/h1-4H3;(H4,2,3,4);/q;;-1/p+1. The molecule has 17 heavy (non-hydrogen) atoms. The first-order valence-electron chi connectivity index (χ1n) is 4.16. The molecule has 0 aromatic rings. The summed E-state index contributed by atoms with van der Waals surface area (Å²) in [7, 11) is 1.73. The Hall–Kier alpha value is -1.10. The van der Waals surface area contributed by atoms with Crippen LogP contribution < -0.4 is 11.5 Å². The lowest BCUT2D eigenvalue weighted by Gasteiger charge is -2.20. The van der Waals surface area contributed by atoms with Gasteiger partial charge in [-0.15, -0.1) is 0 Å². The van der Waals surface area contributed by atoms with Gasteiger partial charge in [-0.2, -0.15) is 0 Å². The molecule has 11 heteroatoms. The summed E-state index contributed by atoms with van der Waals surface area (Å²) in [5.41, 5.74) is 7.14. The van der Waals surface area contributed by atoms with Gasteiger partial charge in [-0.3, -0.25) is 5.73 Å². The molecular formula is C6H17BF4N4OS. The van der Waals surface area contributed by atoms with Crippen LogP contribution >= 0.6 is 12.2 Å². The van der Waals surface area contributed by atoms with Crippen LogP contribution in [0.5, 0.6) is 0 Å². The Morgan fingerprint density at radius 2 is 1.24 bits per heavy atom. The number of rotatable bonds is 0. The Morgan fingerprint density at radius 1 is 1.12 bits per heavy atom. The van der Waals surface area contributed by atoms with E-state index in [4.69, 9.17) is 17.0 Å². The number of quaternary nitrogens is 1. The molecule has 0 unspecified atom stereocenters. The van der Waals surface area contributed by atoms with Gasteiger partial charge in [0.15, 0.2) is 5.11 Å². The van der Waals surface area contributed by atoms with Gasteiger partial charge in [0, 0.05) is 28.2 Å². The van der Waals surface area contributed by atoms with Crippen LogP contribution in [-0.4, -0.2) is 56.4 Å². The van der Waals surface area contributed by atoms with E-state index >= 15 is 0 Å². The van der Waals surface area contributed by atoms with Gasteiger partial charge in [-0.25, -0.2) is 4.79 Å². The number of carbonyl (C=O) groups is 1. The zero-order chi connectivity index (χ0) is 14.8. The predicted octanol–water partition coefficient (Wildman–Crippen LogP) is 0.00150. The van der Waals surface area contributed by atoms with Gasteiger partial charge in [-0.1, -0.05) is 0 Å². The van der Waals surface area contributed by atoms with Crippen molar-refractivity contribution in [2.24, 2.45) is 5.73 Å². The van der Waals surface area contributed by atoms with Crippen molar-refractivity contribution in [2.45, 2.75) is 0 Å². The van der Waals surface area contributed by atoms with Crippen molar-refractivity contribution < 1.29 is 27.8 Å². The molecule has 0 atom stereocenters. The number of hydrogen-bond acceptors (Lipinski definition) is 2. The number of primary amides is 1. The van der Waals surface area contributed by atoms with E-state index in [-0.39, 0.29) is 0 Å². The van der Waals surface area contributed by atoms with E-state index in [0.29, 0.717) is 0 Å². The minimum Gasteiger partial charge on any atom is -0.418 e. The van der Waals surface area contributed by atoms with Crippen LogP contribution in [0, 0.1) is 0 Å². The topological polar surface area (TPSA) is 77.2 Å². The fourth-order valence-corrected chi connectivity index (χ4v) is 0.400. The molecule has 5 N–H and O–H groups in total. The number of halogens is 4. The van der Waals surface area contributed by atoms with Crippen LogP contribution in [0.2, 0.25) is 0 Å². The molecule has 0 aliphatic heterocycles. The molecule has 0 rings (SSSR count). The summed E-state index contributed by atoms with van der Waals surface area (Å²) in [6.45, 7) is 0. The number of nitrogens with two attached hydrogens (primary N) is 1. The minimum atomic E-state index is -6.00. The minimum absolute atomic E-state index is 0.583. The summed E-state index contributed by atoms with van der Waals surface area (Å²) >= 11 is 4.95. The molecule has 0 aliphatic rings. The second-order valence-corrected chi connectivity index (χ2v) is 3.40. The average molecular weight is 280 g/mol. The molecule has 0 heterocycles. The van der Waals surface area contributed by atoms with E-state index in [0.717, 1.165) is 5.11 Å². The quantitative estimate of drug-likeness (QED) is 0.372. The third-order valence-electron chi connectivity index (χ3n) is 0.765. The Balaban J connectivity index is -0.000000188. The molecule has 0 aromatic heterocycles. The molecule has 0 saturated heterocycles. The lowest BCUT2D eigenvalue weighted by atomic mass is 10.3. The summed E-state index contributed by atoms with van der Waals surface area (Å²) < 4.78 is 39.0. The lowest BCUT2D eigenvalue weighted by molar-refractivity contribution is -0.245. The van der Waals surface area contributed by atoms with Gasteiger partial charge >= 0.3 is 13.3 Å². The molecule has 104 valence electrons. The molecule has 0 spiro atoms. The average Bonchev–Trinajstić information content (AvgIpc) is 1.97. The van der Waals surface area contributed by atoms with Crippen molar-refractivity contribution in [3.63, 3.8) is 0 Å². The number of amides is 2. The highest BCUT2D eigenvalue weighted by Gasteiger charge is 2.20. The second kappa shape index (κ2) is 10.1. The van der Waals surface area contributed by atoms with Crippen molar-refractivity contribution in [1.29, 1.82) is 0 Å². The van der Waals surface area contributed by atoms with Crippen molar-refractivity contribution in [3.05, 3.63) is 0 Å². The van der Waals surface area contributed by atoms with E-state index in [2.05, 4.69) is 11.5 Å². The summed E-state index contributed by atoms with van der Waals surface area (Å²) in [5, 5.41) is 0.852. The van der Waals surface area contributed by atoms with Crippen LogP contribution in [0.1, 0.15) is 0 Å². The highest BCUT2D eigenvalue weighted by Crippen LogP contribution is 2.06. The maximum Gasteiger partial charge on any atom is 0.673 e. The largest absolute Gasteiger partial charge is 0.673 e. The molecule has 0 aromatic carbocycles. The van der Waals surface area contributed by atoms with E-state index < -0.39 is 13.3 Å². The fraction of sp³-hybridized carbons (Fsp3) is 0.667. The van der Waals surface area contributed by atoms with Crippen LogP contribution in [-0.2, 0) is 0 Å². The molecule has 0 fully saturated rings. The molecule has 0 bridgehead atoms. The van der Waals surface area contributed by atoms with Crippen molar-refractivity contribution >= 4 is 30.6 Å². The SMILES string of the molecule is CN(C)C(=S)N(C)C.F[B-](F)(F)F.NC([NH3+])=O. The zero-order valence-corrected chi connectivity index (χ0v) is 10.9. The first kappa shape index (κ1) is 21.2. The fourth-order valence-electron chi connectivity index (χ4n) is 0.400. The van der Waals surface area contributed by atoms with Crippen LogP contribution in [0.15, 0.2) is 0 Å². The molecule has 0 saturated carbocycles. The second-order valence-electron chi connectivity index (χ2n) is 3.03. The molecule has 0 radical (unpaired) electrons. The third-order valence-corrected chi connectivity index (χ3v) is 1.50. The molecular weight excluding hydrogens is 263 g/mol. The van der Waals surface area contributed by atoms with Gasteiger partial charge in [0.2, 0.25) is 0 Å². The molecule has 0 aliphatic carbocycles. The van der Waals surface area contributed by atoms with Gasteiger partial charge in [0.25, 0.3) is 0 Å². The maximum absolute atomic E-state index is 9.75. The van der Waals surface area contributed by atoms with Crippen molar-refractivity contribution in [2.75, 3.05) is 28.2 Å². The van der Waals surface area contributed by atoms with Crippen molar-refractivity contribution in [1.82, 2.24) is 9.80 Å². The van der Waals surface area contributed by atoms with Gasteiger partial charge in [0.1, 0.15) is 0 Å². The normalized spacial score (nSPS) is 9.00. The summed E-state index contributed by atoms with van der Waals surface area (Å²) in [4.78, 5) is 12.9. The predicted molar refractivity (Wildman–Crippen MR) is 62.6 cm³/mol. The number of urea groups is 1. The van der Waals surface area contributed by atoms with Crippen LogP contribution in [0.25, 0.3) is 0 Å². The number of hydrogen-bond donors (Lipinski definition) is 2. The van der Waals surface area contributed by atoms with E-state index in [1.165, 1.54) is 0 Å². The van der Waals surface area contributed by atoms with E-state index in [1.807, 2.05) is 38.0 Å². The summed E-state index contributed by atoms with van der Waals surface area (Å²) in [6, 6.07) is -0.583. The molecule has 5 nitrogen and oxygen atoms in total. The Morgan fingerprint density at radius 3 is 1.24 bits per heavy atom. The molecule has 2 amide bonds. The number of carbonyl (C=O) groups excluding carboxylic acids is 1. The first-order chi connectivity index (χ1) is 7.29. The smallest absolute Gasteiger partial charge is 0.418 e. The highest BCUT2D eigenvalue weighted by molar-refractivity contribution is 7.80. The van der Waals surface area contributed by atoms with E-state index in [1.54, 1.807) is 0 Å². The zero-order valence-electron chi connectivity index (χ0n) is 10.1. The first-order valence-corrected chi connectivity index (χ1v) is 4.57. The van der Waals surface area contributed by atoms with Crippen LogP contribution in [0.3, 0.4) is 0 Å². The Kier molecular flexibility index (Phi) is 12.6. The monoisotopic (exact) mass is 280 g/mol. The van der Waals surface area contributed by atoms with E-state index in [9.17, 15) is 17.3 Å². The Bertz CT molecular complexity index is 217. The third kappa shape index (κ3) is 52.1. The summed E-state index contributed by atoms with van der Waals surface area (Å²) in [5.74, 6) is 0.